The molecule has 0 radical (unpaired) electrons. The van der Waals surface area contributed by atoms with Crippen molar-refractivity contribution in [1.29, 1.82) is 0 Å². The van der Waals surface area contributed by atoms with Crippen molar-refractivity contribution in [3.63, 3.8) is 0 Å². The molecule has 1 heterocycles. The molecule has 2 aromatic rings. The molecule has 0 saturated carbocycles. The van der Waals surface area contributed by atoms with E-state index in [1.165, 1.54) is 5.56 Å². The summed E-state index contributed by atoms with van der Waals surface area (Å²) in [6, 6.07) is 12.2. The summed E-state index contributed by atoms with van der Waals surface area (Å²) in [6.45, 7) is 0.474. The molecule has 0 aliphatic heterocycles. The van der Waals surface area contributed by atoms with E-state index in [1.54, 1.807) is 6.20 Å². The lowest BCUT2D eigenvalue weighted by Crippen LogP contribution is -1.98. The van der Waals surface area contributed by atoms with Crippen LogP contribution in [-0.4, -0.2) is 4.98 Å². The number of hydrogen-bond donors (Lipinski definition) is 1. The summed E-state index contributed by atoms with van der Waals surface area (Å²) >= 11 is 3.45. The Morgan fingerprint density at radius 3 is 2.67 bits per heavy atom. The summed E-state index contributed by atoms with van der Waals surface area (Å²) in [5.74, 6) is 0. The van der Waals surface area contributed by atoms with Crippen molar-refractivity contribution in [1.82, 2.24) is 4.98 Å². The van der Waals surface area contributed by atoms with Crippen LogP contribution in [0.15, 0.2) is 47.1 Å². The molecule has 0 fully saturated rings. The van der Waals surface area contributed by atoms with E-state index in [0.717, 1.165) is 15.7 Å². The van der Waals surface area contributed by atoms with Crippen molar-refractivity contribution in [2.75, 3.05) is 0 Å². The van der Waals surface area contributed by atoms with Crippen molar-refractivity contribution in [3.8, 4) is 11.1 Å². The summed E-state index contributed by atoms with van der Waals surface area (Å²) in [4.78, 5) is 4.17. The van der Waals surface area contributed by atoms with E-state index < -0.39 is 0 Å². The molecular formula is C12H11BrN2. The highest BCUT2D eigenvalue weighted by Crippen LogP contribution is 2.22. The second-order valence-corrected chi connectivity index (χ2v) is 4.17. The maximum Gasteiger partial charge on any atom is 0.0545 e. The third kappa shape index (κ3) is 2.43. The van der Waals surface area contributed by atoms with Crippen LogP contribution < -0.4 is 5.73 Å². The molecule has 0 atom stereocenters. The van der Waals surface area contributed by atoms with E-state index in [2.05, 4.69) is 33.0 Å². The first kappa shape index (κ1) is 10.3. The Morgan fingerprint density at radius 2 is 1.93 bits per heavy atom. The topological polar surface area (TPSA) is 38.9 Å². The minimum Gasteiger partial charge on any atom is -0.325 e. The van der Waals surface area contributed by atoms with Crippen molar-refractivity contribution in [2.24, 2.45) is 5.73 Å². The molecule has 15 heavy (non-hydrogen) atoms. The largest absolute Gasteiger partial charge is 0.325 e. The predicted octanol–water partition coefficient (Wildman–Crippen LogP) is 2.97. The first-order valence-corrected chi connectivity index (χ1v) is 5.50. The molecule has 0 aliphatic carbocycles. The molecular weight excluding hydrogens is 252 g/mol. The van der Waals surface area contributed by atoms with Crippen LogP contribution in [0.2, 0.25) is 0 Å². The number of hydrogen-bond acceptors (Lipinski definition) is 2. The van der Waals surface area contributed by atoms with E-state index in [0.29, 0.717) is 6.54 Å². The van der Waals surface area contributed by atoms with Gasteiger partial charge in [0.1, 0.15) is 0 Å². The van der Waals surface area contributed by atoms with Crippen LogP contribution >= 0.6 is 15.9 Å². The average molecular weight is 263 g/mol. The normalized spacial score (nSPS) is 10.3. The number of halogens is 1. The number of aromatic nitrogens is 1. The Morgan fingerprint density at radius 1 is 1.13 bits per heavy atom. The number of rotatable bonds is 2. The van der Waals surface area contributed by atoms with Gasteiger partial charge in [-0.3, -0.25) is 4.98 Å². The van der Waals surface area contributed by atoms with Gasteiger partial charge < -0.3 is 5.73 Å². The standard InChI is InChI=1S/C12H11BrN2/c13-11-3-1-2-9(6-11)10-4-5-15-12(7-10)8-14/h1-7H,8,14H2. The lowest BCUT2D eigenvalue weighted by Gasteiger charge is -2.03. The van der Waals surface area contributed by atoms with Gasteiger partial charge in [0.15, 0.2) is 0 Å². The summed E-state index contributed by atoms with van der Waals surface area (Å²) in [6.07, 6.45) is 1.79. The first-order valence-electron chi connectivity index (χ1n) is 4.70. The lowest BCUT2D eigenvalue weighted by atomic mass is 10.1. The van der Waals surface area contributed by atoms with E-state index in [9.17, 15) is 0 Å². The Hall–Kier alpha value is -1.19. The molecule has 0 saturated heterocycles. The number of nitrogens with zero attached hydrogens (tertiary/aromatic N) is 1. The zero-order valence-corrected chi connectivity index (χ0v) is 9.74. The second-order valence-electron chi connectivity index (χ2n) is 3.25. The fourth-order valence-corrected chi connectivity index (χ4v) is 1.84. The summed E-state index contributed by atoms with van der Waals surface area (Å²) in [7, 11) is 0. The number of pyridine rings is 1. The van der Waals surface area contributed by atoms with Gasteiger partial charge in [0.2, 0.25) is 0 Å². The average Bonchev–Trinajstić information content (AvgIpc) is 2.29. The molecule has 76 valence electrons. The second kappa shape index (κ2) is 4.55. The molecule has 2 rings (SSSR count). The summed E-state index contributed by atoms with van der Waals surface area (Å²) in [5.41, 5.74) is 8.78. The maximum atomic E-state index is 5.55. The fraction of sp³-hybridized carbons (Fsp3) is 0.0833. The molecule has 2 N–H and O–H groups in total. The molecule has 0 unspecified atom stereocenters. The van der Waals surface area contributed by atoms with Crippen LogP contribution in [0.4, 0.5) is 0 Å². The van der Waals surface area contributed by atoms with E-state index >= 15 is 0 Å². The zero-order chi connectivity index (χ0) is 10.7. The molecule has 0 spiro atoms. The molecule has 3 heteroatoms. The van der Waals surface area contributed by atoms with Crippen molar-refractivity contribution < 1.29 is 0 Å². The highest BCUT2D eigenvalue weighted by Gasteiger charge is 1.99. The summed E-state index contributed by atoms with van der Waals surface area (Å²) in [5, 5.41) is 0. The monoisotopic (exact) mass is 262 g/mol. The van der Waals surface area contributed by atoms with Gasteiger partial charge in [-0.1, -0.05) is 28.1 Å². The first-order chi connectivity index (χ1) is 7.29. The molecule has 1 aromatic heterocycles. The van der Waals surface area contributed by atoms with Crippen molar-refractivity contribution in [2.45, 2.75) is 6.54 Å². The third-order valence-corrected chi connectivity index (χ3v) is 2.68. The molecule has 2 nitrogen and oxygen atoms in total. The van der Waals surface area contributed by atoms with Gasteiger partial charge in [0.05, 0.1) is 5.69 Å². The van der Waals surface area contributed by atoms with E-state index in [1.807, 2.05) is 24.3 Å². The fourth-order valence-electron chi connectivity index (χ4n) is 1.44. The Balaban J connectivity index is 2.44. The highest BCUT2D eigenvalue weighted by molar-refractivity contribution is 9.10. The molecule has 0 amide bonds. The third-order valence-electron chi connectivity index (χ3n) is 2.18. The van der Waals surface area contributed by atoms with Crippen LogP contribution in [-0.2, 0) is 6.54 Å². The number of benzene rings is 1. The van der Waals surface area contributed by atoms with Crippen LogP contribution in [0.1, 0.15) is 5.69 Å². The van der Waals surface area contributed by atoms with Crippen molar-refractivity contribution >= 4 is 15.9 Å². The van der Waals surface area contributed by atoms with Crippen LogP contribution in [0.25, 0.3) is 11.1 Å². The minimum absolute atomic E-state index is 0.474. The lowest BCUT2D eigenvalue weighted by molar-refractivity contribution is 0.991. The maximum absolute atomic E-state index is 5.55. The van der Waals surface area contributed by atoms with Crippen LogP contribution in [0.5, 0.6) is 0 Å². The van der Waals surface area contributed by atoms with Gasteiger partial charge in [-0.25, -0.2) is 0 Å². The van der Waals surface area contributed by atoms with Crippen molar-refractivity contribution in [3.05, 3.63) is 52.8 Å². The molecule has 0 bridgehead atoms. The van der Waals surface area contributed by atoms with Gasteiger partial charge >= 0.3 is 0 Å². The SMILES string of the molecule is NCc1cc(-c2cccc(Br)c2)ccn1. The smallest absolute Gasteiger partial charge is 0.0545 e. The minimum atomic E-state index is 0.474. The van der Waals surface area contributed by atoms with Gasteiger partial charge in [0.25, 0.3) is 0 Å². The van der Waals surface area contributed by atoms with Crippen LogP contribution in [0.3, 0.4) is 0 Å². The summed E-state index contributed by atoms with van der Waals surface area (Å²) < 4.78 is 1.08. The Kier molecular flexibility index (Phi) is 3.14. The zero-order valence-electron chi connectivity index (χ0n) is 8.15. The van der Waals surface area contributed by atoms with E-state index in [-0.39, 0.29) is 0 Å². The molecule has 1 aromatic carbocycles. The van der Waals surface area contributed by atoms with Gasteiger partial charge in [-0.2, -0.15) is 0 Å². The molecule has 0 aliphatic rings. The van der Waals surface area contributed by atoms with Crippen LogP contribution in [0, 0.1) is 0 Å². The van der Waals surface area contributed by atoms with Gasteiger partial charge in [-0.15, -0.1) is 0 Å². The Labute approximate surface area is 97.3 Å². The predicted molar refractivity (Wildman–Crippen MR) is 65.3 cm³/mol. The Bertz CT molecular complexity index is 469. The quantitative estimate of drug-likeness (QED) is 0.904. The van der Waals surface area contributed by atoms with Gasteiger partial charge in [-0.05, 0) is 35.4 Å². The van der Waals surface area contributed by atoms with Gasteiger partial charge in [0, 0.05) is 17.2 Å². The van der Waals surface area contributed by atoms with E-state index in [4.69, 9.17) is 5.73 Å². The number of nitrogens with two attached hydrogens (primary N) is 1. The highest BCUT2D eigenvalue weighted by atomic mass is 79.9.